The molecule has 0 fully saturated rings. The summed E-state index contributed by atoms with van der Waals surface area (Å²) >= 11 is 0. The van der Waals surface area contributed by atoms with Crippen LogP contribution in [0, 0.1) is 29.0 Å². The van der Waals surface area contributed by atoms with Crippen molar-refractivity contribution < 1.29 is 14.3 Å². The van der Waals surface area contributed by atoms with Gasteiger partial charge in [0.25, 0.3) is 5.91 Å². The van der Waals surface area contributed by atoms with Gasteiger partial charge in [0, 0.05) is 18.7 Å². The molecule has 1 N–H and O–H groups in total. The molecule has 0 saturated heterocycles. The fourth-order valence-electron chi connectivity index (χ4n) is 1.57. The molecular formula is C15H15FN2O2. The third-order valence-corrected chi connectivity index (χ3v) is 2.88. The summed E-state index contributed by atoms with van der Waals surface area (Å²) in [4.78, 5) is 13.4. The van der Waals surface area contributed by atoms with Crippen molar-refractivity contribution in [2.45, 2.75) is 19.4 Å². The second-order valence-corrected chi connectivity index (χ2v) is 4.28. The Labute approximate surface area is 117 Å². The molecule has 0 aromatic heterocycles. The lowest BCUT2D eigenvalue weighted by atomic mass is 10.1. The lowest BCUT2D eigenvalue weighted by Crippen LogP contribution is -2.35. The fraction of sp³-hybridized carbons (Fsp3) is 0.333. The van der Waals surface area contributed by atoms with Crippen LogP contribution in [0.25, 0.3) is 0 Å². The first-order chi connectivity index (χ1) is 9.51. The number of halogens is 1. The zero-order valence-corrected chi connectivity index (χ0v) is 11.4. The summed E-state index contributed by atoms with van der Waals surface area (Å²) in [5, 5.41) is 17.2. The van der Waals surface area contributed by atoms with Gasteiger partial charge in [-0.3, -0.25) is 4.79 Å². The van der Waals surface area contributed by atoms with Crippen LogP contribution in [0.4, 0.5) is 4.39 Å². The van der Waals surface area contributed by atoms with Crippen LogP contribution in [0.1, 0.15) is 29.3 Å². The van der Waals surface area contributed by atoms with E-state index in [1.54, 1.807) is 6.92 Å². The molecule has 5 heteroatoms. The number of benzene rings is 1. The van der Waals surface area contributed by atoms with E-state index >= 15 is 0 Å². The van der Waals surface area contributed by atoms with Crippen LogP contribution in [0.3, 0.4) is 0 Å². The van der Waals surface area contributed by atoms with Crippen molar-refractivity contribution in [2.75, 3.05) is 13.7 Å². The Balaban J connectivity index is 2.97. The summed E-state index contributed by atoms with van der Waals surface area (Å²) in [5.41, 5.74) is 0.327. The topological polar surface area (TPSA) is 64.3 Å². The van der Waals surface area contributed by atoms with Crippen molar-refractivity contribution in [3.05, 3.63) is 35.1 Å². The van der Waals surface area contributed by atoms with Crippen molar-refractivity contribution in [3.8, 4) is 17.9 Å². The summed E-state index contributed by atoms with van der Waals surface area (Å²) < 4.78 is 13.9. The molecule has 1 amide bonds. The van der Waals surface area contributed by atoms with Gasteiger partial charge in [-0.2, -0.15) is 5.26 Å². The lowest BCUT2D eigenvalue weighted by Gasteiger charge is -2.23. The summed E-state index contributed by atoms with van der Waals surface area (Å²) in [6.07, 6.45) is 0.184. The molecule has 4 nitrogen and oxygen atoms in total. The number of aliphatic hydroxyl groups is 1. The number of hydrogen-bond acceptors (Lipinski definition) is 3. The third-order valence-electron chi connectivity index (χ3n) is 2.88. The number of carbonyl (C=O) groups is 1. The summed E-state index contributed by atoms with van der Waals surface area (Å²) in [5.74, 6) is 3.82. The fourth-order valence-corrected chi connectivity index (χ4v) is 1.57. The number of rotatable bonds is 3. The van der Waals surface area contributed by atoms with E-state index in [0.717, 1.165) is 6.07 Å². The van der Waals surface area contributed by atoms with Crippen molar-refractivity contribution in [1.82, 2.24) is 4.90 Å². The number of nitrogens with zero attached hydrogens (tertiary/aromatic N) is 2. The molecule has 1 unspecified atom stereocenters. The number of nitriles is 1. The molecule has 0 radical (unpaired) electrons. The van der Waals surface area contributed by atoms with Crippen LogP contribution in [-0.2, 0) is 0 Å². The van der Waals surface area contributed by atoms with E-state index in [4.69, 9.17) is 10.4 Å². The van der Waals surface area contributed by atoms with E-state index in [1.807, 2.05) is 6.07 Å². The highest BCUT2D eigenvalue weighted by molar-refractivity contribution is 5.94. The molecule has 0 heterocycles. The van der Waals surface area contributed by atoms with Crippen LogP contribution in [0.2, 0.25) is 0 Å². The van der Waals surface area contributed by atoms with Crippen LogP contribution in [-0.4, -0.2) is 35.6 Å². The van der Waals surface area contributed by atoms with Gasteiger partial charge in [0.2, 0.25) is 0 Å². The Morgan fingerprint density at radius 3 is 2.80 bits per heavy atom. The summed E-state index contributed by atoms with van der Waals surface area (Å²) in [6, 6.07) is 5.70. The van der Waals surface area contributed by atoms with Crippen LogP contribution < -0.4 is 0 Å². The molecule has 0 aliphatic carbocycles. The molecule has 20 heavy (non-hydrogen) atoms. The average molecular weight is 274 g/mol. The number of aliphatic hydroxyl groups excluding tert-OH is 1. The first-order valence-corrected chi connectivity index (χ1v) is 6.04. The minimum absolute atomic E-state index is 0.0631. The van der Waals surface area contributed by atoms with Gasteiger partial charge in [-0.25, -0.2) is 4.39 Å². The van der Waals surface area contributed by atoms with E-state index in [2.05, 4.69) is 11.8 Å². The Kier molecular flexibility index (Phi) is 5.71. The van der Waals surface area contributed by atoms with Crippen molar-refractivity contribution in [2.24, 2.45) is 0 Å². The predicted molar refractivity (Wildman–Crippen MR) is 72.1 cm³/mol. The summed E-state index contributed by atoms with van der Waals surface area (Å²) in [7, 11) is 1.53. The van der Waals surface area contributed by atoms with Gasteiger partial charge in [0.05, 0.1) is 18.1 Å². The maximum Gasteiger partial charge on any atom is 0.256 e. The quantitative estimate of drug-likeness (QED) is 0.850. The Hall–Kier alpha value is -2.37. The van der Waals surface area contributed by atoms with Gasteiger partial charge in [0.1, 0.15) is 12.4 Å². The molecule has 0 bridgehead atoms. The second kappa shape index (κ2) is 7.28. The van der Waals surface area contributed by atoms with Gasteiger partial charge in [0.15, 0.2) is 0 Å². The van der Waals surface area contributed by atoms with Crippen molar-refractivity contribution in [1.29, 1.82) is 5.26 Å². The maximum atomic E-state index is 13.9. The van der Waals surface area contributed by atoms with Crippen LogP contribution in [0.15, 0.2) is 18.2 Å². The third kappa shape index (κ3) is 3.81. The monoisotopic (exact) mass is 274 g/mol. The minimum atomic E-state index is -0.671. The molecule has 0 saturated carbocycles. The summed E-state index contributed by atoms with van der Waals surface area (Å²) in [6.45, 7) is 1.41. The minimum Gasteiger partial charge on any atom is -0.384 e. The van der Waals surface area contributed by atoms with Gasteiger partial charge in [-0.05, 0) is 25.1 Å². The molecule has 0 aliphatic rings. The van der Waals surface area contributed by atoms with Crippen molar-refractivity contribution in [3.63, 3.8) is 0 Å². The smallest absolute Gasteiger partial charge is 0.256 e. The Morgan fingerprint density at radius 2 is 2.25 bits per heavy atom. The number of carbonyl (C=O) groups excluding carboxylic acids is 1. The van der Waals surface area contributed by atoms with Gasteiger partial charge >= 0.3 is 0 Å². The van der Waals surface area contributed by atoms with Gasteiger partial charge in [-0.15, -0.1) is 0 Å². The SMILES string of the molecule is CC(CC#N)N(C)C(=O)c1ccc(C#CCO)cc1F. The molecule has 0 spiro atoms. The first-order valence-electron chi connectivity index (χ1n) is 6.04. The van der Waals surface area contributed by atoms with E-state index in [9.17, 15) is 9.18 Å². The highest BCUT2D eigenvalue weighted by Crippen LogP contribution is 2.14. The second-order valence-electron chi connectivity index (χ2n) is 4.28. The van der Waals surface area contributed by atoms with Crippen molar-refractivity contribution >= 4 is 5.91 Å². The van der Waals surface area contributed by atoms with Crippen LogP contribution in [0.5, 0.6) is 0 Å². The van der Waals surface area contributed by atoms with E-state index in [1.165, 1.54) is 24.1 Å². The molecule has 1 aromatic carbocycles. The molecular weight excluding hydrogens is 259 g/mol. The Bertz CT molecular complexity index is 596. The van der Waals surface area contributed by atoms with E-state index in [-0.39, 0.29) is 24.6 Å². The highest BCUT2D eigenvalue weighted by Gasteiger charge is 2.20. The first kappa shape index (κ1) is 15.7. The molecule has 1 rings (SSSR count). The maximum absolute atomic E-state index is 13.9. The lowest BCUT2D eigenvalue weighted by molar-refractivity contribution is 0.0741. The normalized spacial score (nSPS) is 10.9. The largest absolute Gasteiger partial charge is 0.384 e. The zero-order chi connectivity index (χ0) is 15.1. The molecule has 0 aliphatic heterocycles. The number of amides is 1. The van der Waals surface area contributed by atoms with E-state index < -0.39 is 11.7 Å². The van der Waals surface area contributed by atoms with Gasteiger partial charge in [-0.1, -0.05) is 11.8 Å². The standard InChI is InChI=1S/C15H15FN2O2/c1-11(7-8-17)18(2)15(20)13-6-5-12(4-3-9-19)10-14(13)16/h5-6,10-11,19H,7,9H2,1-2H3. The number of hydrogen-bond donors (Lipinski definition) is 1. The molecule has 1 atom stereocenters. The molecule has 1 aromatic rings. The van der Waals surface area contributed by atoms with Gasteiger partial charge < -0.3 is 10.0 Å². The Morgan fingerprint density at radius 1 is 1.55 bits per heavy atom. The van der Waals surface area contributed by atoms with Crippen LogP contribution >= 0.6 is 0 Å². The zero-order valence-electron chi connectivity index (χ0n) is 11.4. The predicted octanol–water partition coefficient (Wildman–Crippen LogP) is 1.54. The highest BCUT2D eigenvalue weighted by atomic mass is 19.1. The average Bonchev–Trinajstić information content (AvgIpc) is 2.44. The molecule has 104 valence electrons. The van der Waals surface area contributed by atoms with E-state index in [0.29, 0.717) is 5.56 Å².